The summed E-state index contributed by atoms with van der Waals surface area (Å²) in [5.74, 6) is 0.758. The second-order valence-corrected chi connectivity index (χ2v) is 8.08. The van der Waals surface area contributed by atoms with E-state index >= 15 is 0 Å². The summed E-state index contributed by atoms with van der Waals surface area (Å²) in [6.45, 7) is 3.07. The van der Waals surface area contributed by atoms with Crippen molar-refractivity contribution in [3.63, 3.8) is 0 Å². The molecule has 1 heterocycles. The van der Waals surface area contributed by atoms with Crippen LogP contribution in [0.2, 0.25) is 0 Å². The Labute approximate surface area is 188 Å². The van der Waals surface area contributed by atoms with Gasteiger partial charge in [-0.2, -0.15) is 0 Å². The zero-order chi connectivity index (χ0) is 22.3. The molecule has 1 N–H and O–H groups in total. The number of benzene rings is 3. The van der Waals surface area contributed by atoms with Crippen molar-refractivity contribution in [3.05, 3.63) is 101 Å². The predicted molar refractivity (Wildman–Crippen MR) is 126 cm³/mol. The lowest BCUT2D eigenvalue weighted by Crippen LogP contribution is -2.25. The second kappa shape index (κ2) is 10.2. The highest BCUT2D eigenvalue weighted by Gasteiger charge is 2.12. The van der Waals surface area contributed by atoms with Crippen molar-refractivity contribution < 1.29 is 9.18 Å². The van der Waals surface area contributed by atoms with Crippen molar-refractivity contribution in [2.45, 2.75) is 39.2 Å². The number of hydrogen-bond acceptors (Lipinski definition) is 2. The number of carbonyl (C=O) groups excluding carboxylic acids is 1. The van der Waals surface area contributed by atoms with Gasteiger partial charge in [0.1, 0.15) is 11.6 Å². The minimum Gasteiger partial charge on any atom is -0.352 e. The van der Waals surface area contributed by atoms with Crippen molar-refractivity contribution in [2.24, 2.45) is 0 Å². The van der Waals surface area contributed by atoms with Gasteiger partial charge in [0.05, 0.1) is 17.6 Å². The lowest BCUT2D eigenvalue weighted by molar-refractivity contribution is 0.0952. The van der Waals surface area contributed by atoms with Gasteiger partial charge >= 0.3 is 0 Å². The van der Waals surface area contributed by atoms with Crippen molar-refractivity contribution in [2.75, 3.05) is 6.54 Å². The summed E-state index contributed by atoms with van der Waals surface area (Å²) < 4.78 is 16.4. The molecule has 0 saturated carbocycles. The fourth-order valence-electron chi connectivity index (χ4n) is 4.00. The van der Waals surface area contributed by atoms with Gasteiger partial charge in [-0.3, -0.25) is 4.79 Å². The topological polar surface area (TPSA) is 46.9 Å². The van der Waals surface area contributed by atoms with Crippen LogP contribution in [0.5, 0.6) is 0 Å². The third kappa shape index (κ3) is 5.05. The van der Waals surface area contributed by atoms with Gasteiger partial charge in [-0.05, 0) is 49.6 Å². The first kappa shape index (κ1) is 21.8. The number of para-hydroxylation sites is 2. The lowest BCUT2D eigenvalue weighted by Gasteiger charge is -2.11. The summed E-state index contributed by atoms with van der Waals surface area (Å²) >= 11 is 0. The summed E-state index contributed by atoms with van der Waals surface area (Å²) in [4.78, 5) is 17.1. The number of imidazole rings is 1. The first-order valence-electron chi connectivity index (χ1n) is 11.1. The molecule has 4 nitrogen and oxygen atoms in total. The Kier molecular flexibility index (Phi) is 6.95. The quantitative estimate of drug-likeness (QED) is 0.348. The molecule has 0 aliphatic heterocycles. The molecular formula is C27H28FN3O. The van der Waals surface area contributed by atoms with Gasteiger partial charge in [0.2, 0.25) is 0 Å². The van der Waals surface area contributed by atoms with Gasteiger partial charge in [-0.25, -0.2) is 9.37 Å². The molecule has 0 radical (unpaired) electrons. The van der Waals surface area contributed by atoms with E-state index in [9.17, 15) is 9.18 Å². The number of amides is 1. The molecule has 0 spiro atoms. The molecule has 5 heteroatoms. The fourth-order valence-corrected chi connectivity index (χ4v) is 4.00. The van der Waals surface area contributed by atoms with Crippen LogP contribution in [0.1, 0.15) is 46.6 Å². The fraction of sp³-hybridized carbons (Fsp3) is 0.259. The first-order chi connectivity index (χ1) is 15.6. The van der Waals surface area contributed by atoms with E-state index < -0.39 is 0 Å². The van der Waals surface area contributed by atoms with Crippen LogP contribution in [-0.4, -0.2) is 22.0 Å². The number of unbranched alkanes of at least 4 members (excludes halogenated alkanes) is 2. The maximum atomic E-state index is 14.2. The van der Waals surface area contributed by atoms with E-state index in [1.807, 2.05) is 67.6 Å². The Morgan fingerprint density at radius 3 is 2.53 bits per heavy atom. The van der Waals surface area contributed by atoms with Crippen LogP contribution >= 0.6 is 0 Å². The highest BCUT2D eigenvalue weighted by atomic mass is 19.1. The van der Waals surface area contributed by atoms with Crippen LogP contribution in [0.15, 0.2) is 72.8 Å². The van der Waals surface area contributed by atoms with Gasteiger partial charge in [-0.1, -0.05) is 55.0 Å². The molecule has 0 aliphatic carbocycles. The average Bonchev–Trinajstić information content (AvgIpc) is 3.15. The number of rotatable bonds is 9. The molecule has 0 saturated heterocycles. The molecular weight excluding hydrogens is 401 g/mol. The normalized spacial score (nSPS) is 11.1. The molecule has 0 bridgehead atoms. The number of nitrogens with one attached hydrogen (secondary N) is 1. The van der Waals surface area contributed by atoms with Gasteiger partial charge in [0, 0.05) is 24.1 Å². The number of carbonyl (C=O) groups is 1. The van der Waals surface area contributed by atoms with Gasteiger partial charge in [0.25, 0.3) is 5.91 Å². The third-order valence-electron chi connectivity index (χ3n) is 5.77. The third-order valence-corrected chi connectivity index (χ3v) is 5.77. The number of halogens is 1. The number of aryl methyl sites for hydroxylation is 2. The number of nitrogens with zero attached hydrogens (tertiary/aromatic N) is 2. The summed E-state index contributed by atoms with van der Waals surface area (Å²) in [5, 5.41) is 3.01. The standard InChI is InChI=1S/C27H28FN3O/c1-20-11-4-6-13-22(20)27(32)29-18-10-2-3-17-26-30-24-15-8-9-16-25(24)31(26)19-21-12-5-7-14-23(21)28/h4-9,11-16H,2-3,10,17-19H2,1H3,(H,29,32). The average molecular weight is 430 g/mol. The zero-order valence-electron chi connectivity index (χ0n) is 18.4. The van der Waals surface area contributed by atoms with Gasteiger partial charge < -0.3 is 9.88 Å². The Balaban J connectivity index is 1.34. The summed E-state index contributed by atoms with van der Waals surface area (Å²) in [6, 6.07) is 22.5. The summed E-state index contributed by atoms with van der Waals surface area (Å²) in [6.07, 6.45) is 3.66. The largest absolute Gasteiger partial charge is 0.352 e. The van der Waals surface area contributed by atoms with Gasteiger partial charge in [0.15, 0.2) is 0 Å². The Morgan fingerprint density at radius 2 is 1.69 bits per heavy atom. The van der Waals surface area contributed by atoms with E-state index in [1.165, 1.54) is 6.07 Å². The molecule has 4 rings (SSSR count). The number of fused-ring (bicyclic) bond motifs is 1. The summed E-state index contributed by atoms with van der Waals surface area (Å²) in [5.41, 5.74) is 4.34. The maximum absolute atomic E-state index is 14.2. The van der Waals surface area contributed by atoms with Crippen molar-refractivity contribution in [1.29, 1.82) is 0 Å². The molecule has 0 fully saturated rings. The minimum atomic E-state index is -0.194. The molecule has 1 aromatic heterocycles. The highest BCUT2D eigenvalue weighted by molar-refractivity contribution is 5.95. The highest BCUT2D eigenvalue weighted by Crippen LogP contribution is 2.20. The Bertz CT molecular complexity index is 1210. The van der Waals surface area contributed by atoms with Crippen LogP contribution in [0, 0.1) is 12.7 Å². The van der Waals surface area contributed by atoms with E-state index in [1.54, 1.807) is 6.07 Å². The number of aromatic nitrogens is 2. The van der Waals surface area contributed by atoms with E-state index in [4.69, 9.17) is 4.98 Å². The number of hydrogen-bond donors (Lipinski definition) is 1. The van der Waals surface area contributed by atoms with Crippen molar-refractivity contribution in [3.8, 4) is 0 Å². The van der Waals surface area contributed by atoms with Crippen molar-refractivity contribution in [1.82, 2.24) is 14.9 Å². The molecule has 32 heavy (non-hydrogen) atoms. The van der Waals surface area contributed by atoms with Gasteiger partial charge in [-0.15, -0.1) is 0 Å². The van der Waals surface area contributed by atoms with Crippen LogP contribution in [0.4, 0.5) is 4.39 Å². The van der Waals surface area contributed by atoms with Crippen molar-refractivity contribution >= 4 is 16.9 Å². The zero-order valence-corrected chi connectivity index (χ0v) is 18.4. The van der Waals surface area contributed by atoms with E-state index in [2.05, 4.69) is 9.88 Å². The molecule has 164 valence electrons. The van der Waals surface area contributed by atoms with Crippen LogP contribution in [0.25, 0.3) is 11.0 Å². The Hall–Kier alpha value is -3.47. The van der Waals surface area contributed by atoms with Crippen LogP contribution in [-0.2, 0) is 13.0 Å². The first-order valence-corrected chi connectivity index (χ1v) is 11.1. The Morgan fingerprint density at radius 1 is 0.938 bits per heavy atom. The predicted octanol–water partition coefficient (Wildman–Crippen LogP) is 5.67. The van der Waals surface area contributed by atoms with E-state index in [-0.39, 0.29) is 11.7 Å². The molecule has 3 aromatic carbocycles. The molecule has 0 atom stereocenters. The van der Waals surface area contributed by atoms with E-state index in [0.717, 1.165) is 53.7 Å². The molecule has 4 aromatic rings. The van der Waals surface area contributed by atoms with E-state index in [0.29, 0.717) is 18.7 Å². The van der Waals surface area contributed by atoms with Crippen LogP contribution in [0.3, 0.4) is 0 Å². The SMILES string of the molecule is Cc1ccccc1C(=O)NCCCCCc1nc2ccccc2n1Cc1ccccc1F. The monoisotopic (exact) mass is 429 g/mol. The maximum Gasteiger partial charge on any atom is 0.251 e. The minimum absolute atomic E-state index is 0.0187. The molecule has 1 amide bonds. The lowest BCUT2D eigenvalue weighted by atomic mass is 10.1. The van der Waals surface area contributed by atoms with Crippen LogP contribution < -0.4 is 5.32 Å². The summed E-state index contributed by atoms with van der Waals surface area (Å²) in [7, 11) is 0. The molecule has 0 aliphatic rings. The second-order valence-electron chi connectivity index (χ2n) is 8.08. The smallest absolute Gasteiger partial charge is 0.251 e. The molecule has 0 unspecified atom stereocenters.